The topological polar surface area (TPSA) is 26.7 Å². The first-order valence-electron chi connectivity index (χ1n) is 10.4. The standard InChI is InChI=1S/C25H24Cl3FN2O/c1-25(32,18-4-9-21(29)10-5-18)16-30-12-13-31(23-11-8-20(27)14-22(23)28)24(15-30)17-2-6-19(26)7-3-17/h2-11,14,24,32H,12-13,15-16H2,1H3/t24-,25-/m0/s1. The molecule has 0 amide bonds. The molecule has 168 valence electrons. The molecule has 7 heteroatoms. The highest BCUT2D eigenvalue weighted by Gasteiger charge is 2.34. The fourth-order valence-electron chi connectivity index (χ4n) is 4.29. The van der Waals surface area contributed by atoms with E-state index in [4.69, 9.17) is 34.8 Å². The predicted octanol–water partition coefficient (Wildman–Crippen LogP) is 6.56. The van der Waals surface area contributed by atoms with Gasteiger partial charge in [0.25, 0.3) is 0 Å². The fourth-order valence-corrected chi connectivity index (χ4v) is 4.93. The summed E-state index contributed by atoms with van der Waals surface area (Å²) in [5, 5.41) is 13.0. The zero-order valence-electron chi connectivity index (χ0n) is 17.6. The molecule has 2 atom stereocenters. The largest absolute Gasteiger partial charge is 0.384 e. The molecule has 0 spiro atoms. The van der Waals surface area contributed by atoms with Gasteiger partial charge in [0.2, 0.25) is 0 Å². The van der Waals surface area contributed by atoms with Gasteiger partial charge in [0.05, 0.1) is 22.4 Å². The Hall–Kier alpha value is -1.82. The molecule has 1 aliphatic heterocycles. The number of hydrogen-bond donors (Lipinski definition) is 1. The summed E-state index contributed by atoms with van der Waals surface area (Å²) in [5.41, 5.74) is 1.59. The second kappa shape index (κ2) is 9.58. The molecule has 0 saturated carbocycles. The first-order valence-corrected chi connectivity index (χ1v) is 11.5. The third-order valence-electron chi connectivity index (χ3n) is 5.94. The number of benzene rings is 3. The Bertz CT molecular complexity index is 1070. The van der Waals surface area contributed by atoms with Crippen LogP contribution in [0.5, 0.6) is 0 Å². The van der Waals surface area contributed by atoms with Crippen molar-refractivity contribution in [3.05, 3.63) is 98.7 Å². The molecule has 32 heavy (non-hydrogen) atoms. The number of hydrogen-bond acceptors (Lipinski definition) is 3. The molecule has 0 aliphatic carbocycles. The average Bonchev–Trinajstić information content (AvgIpc) is 2.75. The molecule has 0 bridgehead atoms. The number of nitrogens with zero attached hydrogens (tertiary/aromatic N) is 2. The average molecular weight is 494 g/mol. The van der Waals surface area contributed by atoms with Crippen molar-refractivity contribution in [3.8, 4) is 0 Å². The summed E-state index contributed by atoms with van der Waals surface area (Å²) in [5.74, 6) is -0.319. The summed E-state index contributed by atoms with van der Waals surface area (Å²) < 4.78 is 13.3. The monoisotopic (exact) mass is 492 g/mol. The van der Waals surface area contributed by atoms with Gasteiger partial charge in [0.1, 0.15) is 5.82 Å². The first kappa shape index (κ1) is 23.3. The van der Waals surface area contributed by atoms with E-state index in [0.29, 0.717) is 40.3 Å². The second-order valence-electron chi connectivity index (χ2n) is 8.37. The van der Waals surface area contributed by atoms with Crippen LogP contribution < -0.4 is 4.90 Å². The van der Waals surface area contributed by atoms with E-state index < -0.39 is 5.60 Å². The highest BCUT2D eigenvalue weighted by atomic mass is 35.5. The first-order chi connectivity index (χ1) is 15.2. The number of β-amino-alcohol motifs (C(OH)–C–C–N with tert-alkyl or cyclic N) is 1. The van der Waals surface area contributed by atoms with Gasteiger partial charge in [-0.1, -0.05) is 59.1 Å². The molecule has 3 aromatic carbocycles. The summed E-state index contributed by atoms with van der Waals surface area (Å²) in [6, 6.07) is 19.4. The number of anilines is 1. The Morgan fingerprint density at radius 3 is 2.25 bits per heavy atom. The fraction of sp³-hybridized carbons (Fsp3) is 0.280. The van der Waals surface area contributed by atoms with Gasteiger partial charge in [-0.15, -0.1) is 0 Å². The minimum Gasteiger partial charge on any atom is -0.384 e. The molecule has 1 saturated heterocycles. The molecular weight excluding hydrogens is 470 g/mol. The Morgan fingerprint density at radius 1 is 0.938 bits per heavy atom. The third-order valence-corrected chi connectivity index (χ3v) is 6.73. The van der Waals surface area contributed by atoms with Crippen molar-refractivity contribution in [1.29, 1.82) is 0 Å². The van der Waals surface area contributed by atoms with Gasteiger partial charge in [0.15, 0.2) is 0 Å². The van der Waals surface area contributed by atoms with E-state index in [9.17, 15) is 9.50 Å². The Balaban J connectivity index is 1.61. The predicted molar refractivity (Wildman–Crippen MR) is 130 cm³/mol. The summed E-state index contributed by atoms with van der Waals surface area (Å²) in [6.07, 6.45) is 0. The van der Waals surface area contributed by atoms with Crippen molar-refractivity contribution in [2.24, 2.45) is 0 Å². The van der Waals surface area contributed by atoms with Crippen molar-refractivity contribution in [1.82, 2.24) is 4.90 Å². The smallest absolute Gasteiger partial charge is 0.123 e. The van der Waals surface area contributed by atoms with Crippen molar-refractivity contribution in [2.75, 3.05) is 31.1 Å². The minimum atomic E-state index is -1.11. The minimum absolute atomic E-state index is 0.00344. The van der Waals surface area contributed by atoms with Gasteiger partial charge >= 0.3 is 0 Å². The summed E-state index contributed by atoms with van der Waals surface area (Å²) in [6.45, 7) is 4.32. The highest BCUT2D eigenvalue weighted by Crippen LogP contribution is 2.37. The van der Waals surface area contributed by atoms with E-state index in [1.165, 1.54) is 12.1 Å². The molecular formula is C25H24Cl3FN2O. The van der Waals surface area contributed by atoms with Crippen LogP contribution in [0.25, 0.3) is 0 Å². The SMILES string of the molecule is C[C@](O)(CN1CCN(c2ccc(Cl)cc2Cl)[C@H](c2ccc(Cl)cc2)C1)c1ccc(F)cc1. The zero-order valence-corrected chi connectivity index (χ0v) is 19.9. The highest BCUT2D eigenvalue weighted by molar-refractivity contribution is 6.36. The van der Waals surface area contributed by atoms with E-state index in [0.717, 1.165) is 17.8 Å². The number of halogens is 4. The van der Waals surface area contributed by atoms with Gasteiger partial charge < -0.3 is 10.0 Å². The van der Waals surface area contributed by atoms with Gasteiger partial charge in [-0.25, -0.2) is 4.39 Å². The van der Waals surface area contributed by atoms with Gasteiger partial charge in [-0.05, 0) is 60.5 Å². The van der Waals surface area contributed by atoms with Crippen LogP contribution in [0, 0.1) is 5.82 Å². The van der Waals surface area contributed by atoms with Crippen LogP contribution in [0.1, 0.15) is 24.1 Å². The molecule has 1 N–H and O–H groups in total. The Morgan fingerprint density at radius 2 is 1.59 bits per heavy atom. The van der Waals surface area contributed by atoms with Gasteiger partial charge in [0, 0.05) is 36.2 Å². The molecule has 0 aromatic heterocycles. The molecule has 0 unspecified atom stereocenters. The van der Waals surface area contributed by atoms with Crippen molar-refractivity contribution in [2.45, 2.75) is 18.6 Å². The maximum absolute atomic E-state index is 13.3. The van der Waals surface area contributed by atoms with Crippen molar-refractivity contribution >= 4 is 40.5 Å². The van der Waals surface area contributed by atoms with E-state index in [1.54, 1.807) is 25.1 Å². The van der Waals surface area contributed by atoms with E-state index >= 15 is 0 Å². The van der Waals surface area contributed by atoms with E-state index in [2.05, 4.69) is 9.80 Å². The normalized spacial score (nSPS) is 19.1. The maximum Gasteiger partial charge on any atom is 0.123 e. The van der Waals surface area contributed by atoms with Crippen molar-refractivity contribution < 1.29 is 9.50 Å². The lowest BCUT2D eigenvalue weighted by molar-refractivity contribution is 0.0102. The number of aliphatic hydroxyl groups is 1. The molecule has 1 fully saturated rings. The lowest BCUT2D eigenvalue weighted by Gasteiger charge is -2.45. The molecule has 1 aliphatic rings. The lowest BCUT2D eigenvalue weighted by Crippen LogP contribution is -2.52. The summed E-state index contributed by atoms with van der Waals surface area (Å²) in [4.78, 5) is 4.49. The maximum atomic E-state index is 13.3. The van der Waals surface area contributed by atoms with Crippen LogP contribution in [0.15, 0.2) is 66.7 Å². The van der Waals surface area contributed by atoms with Crippen LogP contribution in [-0.4, -0.2) is 36.2 Å². The van der Waals surface area contributed by atoms with Crippen molar-refractivity contribution in [3.63, 3.8) is 0 Å². The molecule has 3 nitrogen and oxygen atoms in total. The Labute approximate surface area is 202 Å². The molecule has 3 aromatic rings. The van der Waals surface area contributed by atoms with Crippen LogP contribution >= 0.6 is 34.8 Å². The lowest BCUT2D eigenvalue weighted by atomic mass is 9.94. The number of piperazine rings is 1. The van der Waals surface area contributed by atoms with Gasteiger partial charge in [-0.2, -0.15) is 0 Å². The number of rotatable bonds is 5. The van der Waals surface area contributed by atoms with Crippen LogP contribution in [0.2, 0.25) is 15.1 Å². The summed E-state index contributed by atoms with van der Waals surface area (Å²) in [7, 11) is 0. The zero-order chi connectivity index (χ0) is 22.9. The molecule has 4 rings (SSSR count). The molecule has 0 radical (unpaired) electrons. The van der Waals surface area contributed by atoms with Gasteiger partial charge in [-0.3, -0.25) is 4.90 Å². The van der Waals surface area contributed by atoms with Crippen LogP contribution in [-0.2, 0) is 5.60 Å². The van der Waals surface area contributed by atoms with E-state index in [-0.39, 0.29) is 11.9 Å². The molecule has 1 heterocycles. The third kappa shape index (κ3) is 5.22. The van der Waals surface area contributed by atoms with E-state index in [1.807, 2.05) is 36.4 Å². The second-order valence-corrected chi connectivity index (χ2v) is 9.65. The quantitative estimate of drug-likeness (QED) is 0.436. The summed E-state index contributed by atoms with van der Waals surface area (Å²) >= 11 is 18.8. The van der Waals surface area contributed by atoms with Crippen LogP contribution in [0.3, 0.4) is 0 Å². The van der Waals surface area contributed by atoms with Crippen LogP contribution in [0.4, 0.5) is 10.1 Å². The Kier molecular flexibility index (Phi) is 6.99.